The number of nitrogens with zero attached hydrogens (tertiary/aromatic N) is 1. The quantitative estimate of drug-likeness (QED) is 0.799. The molecule has 5 heteroatoms. The lowest BCUT2D eigenvalue weighted by molar-refractivity contribution is -0.133. The minimum absolute atomic E-state index is 0.162. The Morgan fingerprint density at radius 3 is 3.00 bits per heavy atom. The summed E-state index contributed by atoms with van der Waals surface area (Å²) in [5, 5.41) is 13.2. The maximum absolute atomic E-state index is 12.4. The third-order valence-corrected chi connectivity index (χ3v) is 4.94. The van der Waals surface area contributed by atoms with Crippen LogP contribution in [0.5, 0.6) is 0 Å². The van der Waals surface area contributed by atoms with Crippen LogP contribution in [0.15, 0.2) is 0 Å². The Labute approximate surface area is 113 Å². The Hall–Kier alpha value is -0.260. The zero-order valence-corrected chi connectivity index (χ0v) is 11.9. The fourth-order valence-corrected chi connectivity index (χ4v) is 3.89. The molecule has 0 radical (unpaired) electrons. The molecule has 2 fully saturated rings. The maximum Gasteiger partial charge on any atom is 0.239 e. The van der Waals surface area contributed by atoms with Gasteiger partial charge in [0.05, 0.1) is 12.1 Å². The van der Waals surface area contributed by atoms with Crippen LogP contribution in [0.1, 0.15) is 32.6 Å². The molecule has 2 aliphatic heterocycles. The molecule has 0 aliphatic carbocycles. The molecule has 104 valence electrons. The number of hydrogen-bond acceptors (Lipinski definition) is 4. The first-order valence-electron chi connectivity index (χ1n) is 7.02. The van der Waals surface area contributed by atoms with E-state index in [9.17, 15) is 9.90 Å². The molecule has 2 aliphatic rings. The Morgan fingerprint density at radius 1 is 1.50 bits per heavy atom. The number of hydrogen-bond donors (Lipinski definition) is 2. The van der Waals surface area contributed by atoms with Crippen LogP contribution in [-0.4, -0.2) is 58.7 Å². The van der Waals surface area contributed by atoms with Crippen molar-refractivity contribution in [2.75, 3.05) is 25.4 Å². The molecule has 2 rings (SSSR count). The van der Waals surface area contributed by atoms with E-state index < -0.39 is 0 Å². The number of nitrogens with one attached hydrogen (secondary N) is 1. The van der Waals surface area contributed by atoms with Crippen molar-refractivity contribution in [3.63, 3.8) is 0 Å². The van der Waals surface area contributed by atoms with Crippen LogP contribution in [0.2, 0.25) is 0 Å². The zero-order valence-electron chi connectivity index (χ0n) is 11.1. The number of likely N-dealkylation sites (tertiary alicyclic amines) is 1. The van der Waals surface area contributed by atoms with Crippen molar-refractivity contribution in [1.29, 1.82) is 0 Å². The van der Waals surface area contributed by atoms with E-state index in [1.165, 1.54) is 12.8 Å². The van der Waals surface area contributed by atoms with Crippen molar-refractivity contribution in [1.82, 2.24) is 10.2 Å². The predicted octanol–water partition coefficient (Wildman–Crippen LogP) is 0.843. The van der Waals surface area contributed by atoms with Gasteiger partial charge in [0.1, 0.15) is 0 Å². The average Bonchev–Trinajstić information content (AvgIpc) is 2.65. The van der Waals surface area contributed by atoms with Gasteiger partial charge in [-0.05, 0) is 25.0 Å². The van der Waals surface area contributed by atoms with Crippen LogP contribution in [0.4, 0.5) is 0 Å². The van der Waals surface area contributed by atoms with Crippen molar-refractivity contribution < 1.29 is 9.90 Å². The molecule has 2 N–H and O–H groups in total. The molecule has 4 nitrogen and oxygen atoms in total. The second kappa shape index (κ2) is 6.78. The SMILES string of the molecule is CCSC1CCCCN(C(=O)C2CC(O)CN2)C1. The topological polar surface area (TPSA) is 52.6 Å². The van der Waals surface area contributed by atoms with Crippen LogP contribution in [0.25, 0.3) is 0 Å². The van der Waals surface area contributed by atoms with E-state index in [0.29, 0.717) is 18.2 Å². The molecule has 3 atom stereocenters. The first-order valence-corrected chi connectivity index (χ1v) is 8.07. The Morgan fingerprint density at radius 2 is 2.33 bits per heavy atom. The summed E-state index contributed by atoms with van der Waals surface area (Å²) in [7, 11) is 0. The number of aliphatic hydroxyl groups excluding tert-OH is 1. The molecular formula is C13H24N2O2S. The molecule has 0 spiro atoms. The molecule has 0 aromatic heterocycles. The fourth-order valence-electron chi connectivity index (χ4n) is 2.80. The number of rotatable bonds is 3. The highest BCUT2D eigenvalue weighted by Gasteiger charge is 2.32. The van der Waals surface area contributed by atoms with Gasteiger partial charge in [-0.2, -0.15) is 11.8 Å². The highest BCUT2D eigenvalue weighted by atomic mass is 32.2. The van der Waals surface area contributed by atoms with Gasteiger partial charge in [-0.3, -0.25) is 4.79 Å². The average molecular weight is 272 g/mol. The van der Waals surface area contributed by atoms with Gasteiger partial charge in [0.2, 0.25) is 5.91 Å². The second-order valence-electron chi connectivity index (χ2n) is 5.21. The summed E-state index contributed by atoms with van der Waals surface area (Å²) in [6, 6.07) is -0.162. The van der Waals surface area contributed by atoms with Crippen molar-refractivity contribution >= 4 is 17.7 Å². The monoisotopic (exact) mass is 272 g/mol. The van der Waals surface area contributed by atoms with E-state index >= 15 is 0 Å². The summed E-state index contributed by atoms with van der Waals surface area (Å²) in [5.41, 5.74) is 0. The summed E-state index contributed by atoms with van der Waals surface area (Å²) < 4.78 is 0. The van der Waals surface area contributed by atoms with Crippen LogP contribution < -0.4 is 5.32 Å². The third-order valence-electron chi connectivity index (χ3n) is 3.75. The van der Waals surface area contributed by atoms with E-state index in [1.807, 2.05) is 16.7 Å². The summed E-state index contributed by atoms with van der Waals surface area (Å²) in [4.78, 5) is 14.4. The molecule has 0 bridgehead atoms. The number of aliphatic hydroxyl groups is 1. The second-order valence-corrected chi connectivity index (χ2v) is 6.79. The molecule has 0 saturated carbocycles. The summed E-state index contributed by atoms with van der Waals surface area (Å²) in [6.45, 7) is 4.49. The number of β-amino-alcohol motifs (C(OH)–C–C–N with tert-alkyl or cyclic N) is 1. The molecule has 1 amide bonds. The van der Waals surface area contributed by atoms with Crippen LogP contribution >= 0.6 is 11.8 Å². The number of carbonyl (C=O) groups is 1. The fraction of sp³-hybridized carbons (Fsp3) is 0.923. The van der Waals surface area contributed by atoms with Gasteiger partial charge in [-0.1, -0.05) is 13.3 Å². The van der Waals surface area contributed by atoms with Gasteiger partial charge >= 0.3 is 0 Å². The molecular weight excluding hydrogens is 248 g/mol. The van der Waals surface area contributed by atoms with Crippen LogP contribution in [0.3, 0.4) is 0 Å². The van der Waals surface area contributed by atoms with Crippen molar-refractivity contribution in [3.05, 3.63) is 0 Å². The molecule has 3 unspecified atom stereocenters. The van der Waals surface area contributed by atoms with E-state index in [4.69, 9.17) is 0 Å². The summed E-state index contributed by atoms with van der Waals surface area (Å²) >= 11 is 1.97. The number of thioether (sulfide) groups is 1. The van der Waals surface area contributed by atoms with Crippen LogP contribution in [-0.2, 0) is 4.79 Å². The molecule has 0 aromatic rings. The number of carbonyl (C=O) groups excluding carboxylic acids is 1. The first-order chi connectivity index (χ1) is 8.70. The minimum Gasteiger partial charge on any atom is -0.392 e. The standard InChI is InChI=1S/C13H24N2O2S/c1-2-18-11-5-3-4-6-15(9-11)13(17)12-7-10(16)8-14-12/h10-12,14,16H,2-9H2,1H3. The molecule has 0 aromatic carbocycles. The zero-order chi connectivity index (χ0) is 13.0. The van der Waals surface area contributed by atoms with Gasteiger partial charge in [-0.25, -0.2) is 0 Å². The van der Waals surface area contributed by atoms with E-state index in [1.54, 1.807) is 0 Å². The summed E-state index contributed by atoms with van der Waals surface area (Å²) in [6.07, 6.45) is 3.78. The van der Waals surface area contributed by atoms with Crippen molar-refractivity contribution in [3.8, 4) is 0 Å². The third kappa shape index (κ3) is 3.62. The van der Waals surface area contributed by atoms with E-state index in [-0.39, 0.29) is 18.1 Å². The largest absolute Gasteiger partial charge is 0.392 e. The van der Waals surface area contributed by atoms with E-state index in [0.717, 1.165) is 25.3 Å². The van der Waals surface area contributed by atoms with Gasteiger partial charge in [0, 0.05) is 24.9 Å². The molecule has 2 saturated heterocycles. The maximum atomic E-state index is 12.4. The smallest absolute Gasteiger partial charge is 0.239 e. The number of amides is 1. The highest BCUT2D eigenvalue weighted by molar-refractivity contribution is 7.99. The molecule has 18 heavy (non-hydrogen) atoms. The Balaban J connectivity index is 1.91. The lowest BCUT2D eigenvalue weighted by atomic mass is 10.1. The molecule has 2 heterocycles. The van der Waals surface area contributed by atoms with Gasteiger partial charge in [0.25, 0.3) is 0 Å². The lowest BCUT2D eigenvalue weighted by Gasteiger charge is -2.26. The van der Waals surface area contributed by atoms with Gasteiger partial charge in [-0.15, -0.1) is 0 Å². The lowest BCUT2D eigenvalue weighted by Crippen LogP contribution is -2.45. The van der Waals surface area contributed by atoms with Crippen molar-refractivity contribution in [2.24, 2.45) is 0 Å². The van der Waals surface area contributed by atoms with E-state index in [2.05, 4.69) is 12.2 Å². The highest BCUT2D eigenvalue weighted by Crippen LogP contribution is 2.23. The van der Waals surface area contributed by atoms with Crippen molar-refractivity contribution in [2.45, 2.75) is 50.0 Å². The summed E-state index contributed by atoms with van der Waals surface area (Å²) in [5.74, 6) is 1.31. The van der Waals surface area contributed by atoms with Crippen LogP contribution in [0, 0.1) is 0 Å². The minimum atomic E-state index is -0.355. The Bertz CT molecular complexity index is 288. The normalized spacial score (nSPS) is 33.4. The van der Waals surface area contributed by atoms with Gasteiger partial charge in [0.15, 0.2) is 0 Å². The van der Waals surface area contributed by atoms with Gasteiger partial charge < -0.3 is 15.3 Å². The predicted molar refractivity (Wildman–Crippen MR) is 74.8 cm³/mol. The first kappa shape index (κ1) is 14.2. The Kier molecular flexibility index (Phi) is 5.33.